The van der Waals surface area contributed by atoms with Crippen LogP contribution in [0.2, 0.25) is 0 Å². The Hall–Kier alpha value is -3.07. The third-order valence-electron chi connectivity index (χ3n) is 4.66. The van der Waals surface area contributed by atoms with Crippen molar-refractivity contribution in [3.05, 3.63) is 59.5 Å². The highest BCUT2D eigenvalue weighted by Gasteiger charge is 2.31. The number of nitrogens with zero attached hydrogens (tertiary/aromatic N) is 2. The minimum atomic E-state index is -4.44. The molecule has 0 bridgehead atoms. The summed E-state index contributed by atoms with van der Waals surface area (Å²) in [5.41, 5.74) is 0.340. The topological polar surface area (TPSA) is 69.4 Å². The van der Waals surface area contributed by atoms with Crippen molar-refractivity contribution in [2.24, 2.45) is 0 Å². The number of rotatable bonds is 7. The van der Waals surface area contributed by atoms with Gasteiger partial charge in [-0.05, 0) is 44.2 Å². The summed E-state index contributed by atoms with van der Waals surface area (Å²) in [5.74, 6) is 1.74. The minimum Gasteiger partial charge on any atom is -0.497 e. The van der Waals surface area contributed by atoms with E-state index in [0.717, 1.165) is 17.7 Å². The van der Waals surface area contributed by atoms with Gasteiger partial charge >= 0.3 is 6.18 Å². The molecule has 6 nitrogen and oxygen atoms in total. The SMILES string of the molecule is COc1ccc(OC)c(C(C)NC(C)c2nc(-c3cccc(C(F)(F)F)c3)no2)c1. The molecule has 0 saturated carbocycles. The van der Waals surface area contributed by atoms with Gasteiger partial charge in [0.1, 0.15) is 11.5 Å². The van der Waals surface area contributed by atoms with Gasteiger partial charge in [0, 0.05) is 17.2 Å². The minimum absolute atomic E-state index is 0.0939. The first kappa shape index (κ1) is 21.6. The number of alkyl halides is 3. The zero-order valence-corrected chi connectivity index (χ0v) is 16.9. The number of ether oxygens (including phenoxy) is 2. The fraction of sp³-hybridized carbons (Fsp3) is 0.333. The molecule has 0 aliphatic carbocycles. The zero-order valence-electron chi connectivity index (χ0n) is 16.9. The van der Waals surface area contributed by atoms with Gasteiger partial charge < -0.3 is 14.0 Å². The Balaban J connectivity index is 1.78. The number of benzene rings is 2. The van der Waals surface area contributed by atoms with Gasteiger partial charge in [0.05, 0.1) is 25.8 Å². The van der Waals surface area contributed by atoms with E-state index in [-0.39, 0.29) is 29.4 Å². The second-order valence-corrected chi connectivity index (χ2v) is 6.75. The molecule has 2 aromatic carbocycles. The molecular weight excluding hydrogens is 399 g/mol. The number of methoxy groups -OCH3 is 2. The van der Waals surface area contributed by atoms with Crippen LogP contribution < -0.4 is 14.8 Å². The van der Waals surface area contributed by atoms with Crippen LogP contribution in [0.25, 0.3) is 11.4 Å². The van der Waals surface area contributed by atoms with E-state index in [1.165, 1.54) is 12.1 Å². The molecule has 1 N–H and O–H groups in total. The summed E-state index contributed by atoms with van der Waals surface area (Å²) in [6.45, 7) is 3.77. The Morgan fingerprint density at radius 1 is 1.00 bits per heavy atom. The van der Waals surface area contributed by atoms with E-state index in [2.05, 4.69) is 15.5 Å². The monoisotopic (exact) mass is 421 g/mol. The Bertz CT molecular complexity index is 1000. The molecule has 0 fully saturated rings. The average Bonchev–Trinajstić information content (AvgIpc) is 3.23. The summed E-state index contributed by atoms with van der Waals surface area (Å²) in [6.07, 6.45) is -4.44. The molecule has 0 aliphatic heterocycles. The van der Waals surface area contributed by atoms with Crippen LogP contribution in [0, 0.1) is 0 Å². The number of hydrogen-bond donors (Lipinski definition) is 1. The number of hydrogen-bond acceptors (Lipinski definition) is 6. The van der Waals surface area contributed by atoms with Crippen molar-refractivity contribution in [2.75, 3.05) is 14.2 Å². The molecule has 3 rings (SSSR count). The second kappa shape index (κ2) is 8.74. The van der Waals surface area contributed by atoms with Gasteiger partial charge in [-0.3, -0.25) is 5.32 Å². The van der Waals surface area contributed by atoms with E-state index >= 15 is 0 Å². The lowest BCUT2D eigenvalue weighted by Crippen LogP contribution is -2.23. The van der Waals surface area contributed by atoms with E-state index in [1.807, 2.05) is 26.0 Å². The third-order valence-corrected chi connectivity index (χ3v) is 4.66. The molecule has 1 aromatic heterocycles. The lowest BCUT2D eigenvalue weighted by Gasteiger charge is -2.20. The zero-order chi connectivity index (χ0) is 21.9. The predicted octanol–water partition coefficient (Wildman–Crippen LogP) is 5.18. The van der Waals surface area contributed by atoms with Crippen LogP contribution in [0.15, 0.2) is 47.0 Å². The summed E-state index contributed by atoms with van der Waals surface area (Å²) in [4.78, 5) is 4.26. The summed E-state index contributed by atoms with van der Waals surface area (Å²) >= 11 is 0. The van der Waals surface area contributed by atoms with Crippen molar-refractivity contribution in [3.8, 4) is 22.9 Å². The van der Waals surface area contributed by atoms with E-state index in [0.29, 0.717) is 11.5 Å². The van der Waals surface area contributed by atoms with Crippen LogP contribution >= 0.6 is 0 Å². The molecule has 0 saturated heterocycles. The normalized spacial score (nSPS) is 13.7. The number of halogens is 3. The molecule has 3 aromatic rings. The lowest BCUT2D eigenvalue weighted by atomic mass is 10.1. The smallest absolute Gasteiger partial charge is 0.416 e. The quantitative estimate of drug-likeness (QED) is 0.567. The predicted molar refractivity (Wildman–Crippen MR) is 104 cm³/mol. The van der Waals surface area contributed by atoms with E-state index in [9.17, 15) is 13.2 Å². The highest BCUT2D eigenvalue weighted by atomic mass is 19.4. The van der Waals surface area contributed by atoms with Crippen molar-refractivity contribution in [3.63, 3.8) is 0 Å². The molecule has 30 heavy (non-hydrogen) atoms. The highest BCUT2D eigenvalue weighted by molar-refractivity contribution is 5.55. The first-order valence-corrected chi connectivity index (χ1v) is 9.22. The summed E-state index contributed by atoms with van der Waals surface area (Å²) in [7, 11) is 3.17. The van der Waals surface area contributed by atoms with Crippen LogP contribution in [0.5, 0.6) is 11.5 Å². The third kappa shape index (κ3) is 4.73. The van der Waals surface area contributed by atoms with Crippen molar-refractivity contribution in [1.82, 2.24) is 15.5 Å². The lowest BCUT2D eigenvalue weighted by molar-refractivity contribution is -0.137. The molecule has 160 valence electrons. The molecule has 0 radical (unpaired) electrons. The van der Waals surface area contributed by atoms with Gasteiger partial charge in [-0.15, -0.1) is 0 Å². The van der Waals surface area contributed by atoms with Gasteiger partial charge in [-0.1, -0.05) is 17.3 Å². The number of nitrogens with one attached hydrogen (secondary N) is 1. The van der Waals surface area contributed by atoms with Crippen molar-refractivity contribution >= 4 is 0 Å². The average molecular weight is 421 g/mol. The van der Waals surface area contributed by atoms with E-state index in [4.69, 9.17) is 14.0 Å². The summed E-state index contributed by atoms with van der Waals surface area (Å²) < 4.78 is 54.8. The molecule has 0 spiro atoms. The molecule has 2 atom stereocenters. The van der Waals surface area contributed by atoms with Gasteiger partial charge in [-0.2, -0.15) is 18.2 Å². The maximum Gasteiger partial charge on any atom is 0.416 e. The highest BCUT2D eigenvalue weighted by Crippen LogP contribution is 2.33. The molecule has 0 amide bonds. The largest absolute Gasteiger partial charge is 0.497 e. The molecule has 2 unspecified atom stereocenters. The molecule has 1 heterocycles. The molecular formula is C21H22F3N3O3. The van der Waals surface area contributed by atoms with Gasteiger partial charge in [0.2, 0.25) is 11.7 Å². The van der Waals surface area contributed by atoms with Crippen LogP contribution in [-0.4, -0.2) is 24.4 Å². The van der Waals surface area contributed by atoms with Crippen LogP contribution in [-0.2, 0) is 6.18 Å². The fourth-order valence-electron chi connectivity index (χ4n) is 3.08. The standard InChI is InChI=1S/C21H22F3N3O3/c1-12(17-11-16(28-3)8-9-18(17)29-4)25-13(2)20-26-19(27-30-20)14-6-5-7-15(10-14)21(22,23)24/h5-13,25H,1-4H3. The Kier molecular flexibility index (Phi) is 6.31. The van der Waals surface area contributed by atoms with Crippen LogP contribution in [0.3, 0.4) is 0 Å². The van der Waals surface area contributed by atoms with E-state index < -0.39 is 11.7 Å². The number of aromatic nitrogens is 2. The maximum atomic E-state index is 12.9. The Morgan fingerprint density at radius 3 is 2.43 bits per heavy atom. The summed E-state index contributed by atoms with van der Waals surface area (Å²) in [6, 6.07) is 9.78. The van der Waals surface area contributed by atoms with Crippen LogP contribution in [0.4, 0.5) is 13.2 Å². The van der Waals surface area contributed by atoms with Gasteiger partial charge in [0.25, 0.3) is 0 Å². The summed E-state index contributed by atoms with van der Waals surface area (Å²) in [5, 5.41) is 7.16. The first-order valence-electron chi connectivity index (χ1n) is 9.22. The Labute approximate surface area is 172 Å². The second-order valence-electron chi connectivity index (χ2n) is 6.75. The van der Waals surface area contributed by atoms with Crippen molar-refractivity contribution < 1.29 is 27.2 Å². The maximum absolute atomic E-state index is 12.9. The first-order chi connectivity index (χ1) is 14.2. The Morgan fingerprint density at radius 2 is 1.77 bits per heavy atom. The molecule has 0 aliphatic rings. The van der Waals surface area contributed by atoms with E-state index in [1.54, 1.807) is 20.3 Å². The van der Waals surface area contributed by atoms with Crippen molar-refractivity contribution in [1.29, 1.82) is 0 Å². The fourth-order valence-corrected chi connectivity index (χ4v) is 3.08. The van der Waals surface area contributed by atoms with Gasteiger partial charge in [-0.25, -0.2) is 0 Å². The van der Waals surface area contributed by atoms with Gasteiger partial charge in [0.15, 0.2) is 0 Å². The van der Waals surface area contributed by atoms with Crippen LogP contribution in [0.1, 0.15) is 42.9 Å². The van der Waals surface area contributed by atoms with Crippen molar-refractivity contribution in [2.45, 2.75) is 32.1 Å². The molecule has 9 heteroatoms.